The third-order valence-corrected chi connectivity index (χ3v) is 5.54. The normalized spacial score (nSPS) is 10.2. The van der Waals surface area contributed by atoms with Gasteiger partial charge in [0.05, 0.1) is 0 Å². The van der Waals surface area contributed by atoms with Crippen LogP contribution in [0.2, 0.25) is 0 Å². The second kappa shape index (κ2) is 10.9. The highest BCUT2D eigenvalue weighted by Gasteiger charge is 2.05. The van der Waals surface area contributed by atoms with Crippen LogP contribution in [-0.2, 0) is 0 Å². The third-order valence-electron chi connectivity index (χ3n) is 4.52. The second-order valence-corrected chi connectivity index (χ2v) is 8.19. The zero-order chi connectivity index (χ0) is 22.9. The number of rotatable bonds is 6. The van der Waals surface area contributed by atoms with E-state index < -0.39 is 0 Å². The van der Waals surface area contributed by atoms with Crippen LogP contribution in [0.1, 0.15) is 0 Å². The van der Waals surface area contributed by atoms with E-state index in [1.807, 2.05) is 109 Å². The number of carbonyl (C=O) groups is 2. The summed E-state index contributed by atoms with van der Waals surface area (Å²) >= 11 is 1.59. The molecule has 6 nitrogen and oxygen atoms in total. The molecule has 0 aliphatic rings. The van der Waals surface area contributed by atoms with Gasteiger partial charge in [-0.25, -0.2) is 9.59 Å². The fraction of sp³-hybridized carbons (Fsp3) is 0. The molecule has 4 aromatic carbocycles. The van der Waals surface area contributed by atoms with Crippen LogP contribution in [0.5, 0.6) is 0 Å². The Morgan fingerprint density at radius 3 is 1.06 bits per heavy atom. The number of hydrogen-bond donors (Lipinski definition) is 4. The van der Waals surface area contributed by atoms with Crippen molar-refractivity contribution in [3.63, 3.8) is 0 Å². The van der Waals surface area contributed by atoms with Gasteiger partial charge in [0, 0.05) is 32.5 Å². The van der Waals surface area contributed by atoms with E-state index in [2.05, 4.69) is 21.3 Å². The molecule has 4 aromatic rings. The Morgan fingerprint density at radius 1 is 0.424 bits per heavy atom. The van der Waals surface area contributed by atoms with Crippen molar-refractivity contribution in [1.82, 2.24) is 0 Å². The monoisotopic (exact) mass is 454 g/mol. The third kappa shape index (κ3) is 6.88. The molecule has 0 atom stereocenters. The Labute approximate surface area is 196 Å². The number of amides is 4. The predicted molar refractivity (Wildman–Crippen MR) is 135 cm³/mol. The molecule has 0 radical (unpaired) electrons. The predicted octanol–water partition coefficient (Wildman–Crippen LogP) is 7.13. The molecule has 0 bridgehead atoms. The van der Waals surface area contributed by atoms with E-state index in [1.54, 1.807) is 11.8 Å². The van der Waals surface area contributed by atoms with E-state index >= 15 is 0 Å². The van der Waals surface area contributed by atoms with Crippen LogP contribution in [0.4, 0.5) is 32.3 Å². The maximum Gasteiger partial charge on any atom is 0.323 e. The molecule has 0 heterocycles. The van der Waals surface area contributed by atoms with Gasteiger partial charge in [-0.1, -0.05) is 48.2 Å². The fourth-order valence-corrected chi connectivity index (χ4v) is 3.80. The van der Waals surface area contributed by atoms with Crippen LogP contribution in [0.25, 0.3) is 0 Å². The molecule has 0 unspecified atom stereocenters. The number of benzene rings is 4. The smallest absolute Gasteiger partial charge is 0.308 e. The van der Waals surface area contributed by atoms with Gasteiger partial charge in [-0.05, 0) is 72.8 Å². The molecule has 7 heteroatoms. The molecular weight excluding hydrogens is 432 g/mol. The van der Waals surface area contributed by atoms with Crippen molar-refractivity contribution in [3.05, 3.63) is 109 Å². The SMILES string of the molecule is O=C(Nc1ccccc1)Nc1ccc(Sc2ccc(NC(=O)Nc3ccccc3)cc2)cc1. The van der Waals surface area contributed by atoms with Crippen LogP contribution in [0, 0.1) is 0 Å². The summed E-state index contributed by atoms with van der Waals surface area (Å²) < 4.78 is 0. The highest BCUT2D eigenvalue weighted by molar-refractivity contribution is 7.99. The molecule has 0 fully saturated rings. The van der Waals surface area contributed by atoms with Crippen molar-refractivity contribution >= 4 is 46.6 Å². The van der Waals surface area contributed by atoms with Gasteiger partial charge >= 0.3 is 12.1 Å². The molecule has 0 saturated heterocycles. The number of hydrogen-bond acceptors (Lipinski definition) is 3. The van der Waals surface area contributed by atoms with E-state index in [4.69, 9.17) is 0 Å². The van der Waals surface area contributed by atoms with Crippen LogP contribution in [0.15, 0.2) is 119 Å². The zero-order valence-corrected chi connectivity index (χ0v) is 18.4. The van der Waals surface area contributed by atoms with Crippen molar-refractivity contribution in [2.45, 2.75) is 9.79 Å². The molecule has 33 heavy (non-hydrogen) atoms. The molecule has 4 rings (SSSR count). The van der Waals surface area contributed by atoms with Crippen LogP contribution in [0.3, 0.4) is 0 Å². The van der Waals surface area contributed by atoms with Gasteiger partial charge in [-0.2, -0.15) is 0 Å². The highest BCUT2D eigenvalue weighted by atomic mass is 32.2. The maximum atomic E-state index is 12.1. The van der Waals surface area contributed by atoms with Gasteiger partial charge in [-0.3, -0.25) is 0 Å². The maximum absolute atomic E-state index is 12.1. The second-order valence-electron chi connectivity index (χ2n) is 7.04. The van der Waals surface area contributed by atoms with Crippen molar-refractivity contribution in [2.75, 3.05) is 21.3 Å². The standard InChI is InChI=1S/C26H22N4O2S/c31-25(27-19-7-3-1-4-8-19)29-21-11-15-23(16-12-21)33-24-17-13-22(14-18-24)30-26(32)28-20-9-5-2-6-10-20/h1-18H,(H2,27,29,31)(H2,28,30,32). The van der Waals surface area contributed by atoms with E-state index in [-0.39, 0.29) is 12.1 Å². The molecule has 0 aliphatic heterocycles. The number of anilines is 4. The van der Waals surface area contributed by atoms with Crippen LogP contribution in [-0.4, -0.2) is 12.1 Å². The van der Waals surface area contributed by atoms with Crippen molar-refractivity contribution < 1.29 is 9.59 Å². The summed E-state index contributed by atoms with van der Waals surface area (Å²) in [5.74, 6) is 0. The number of urea groups is 2. The minimum Gasteiger partial charge on any atom is -0.308 e. The van der Waals surface area contributed by atoms with Gasteiger partial charge in [0.25, 0.3) is 0 Å². The zero-order valence-electron chi connectivity index (χ0n) is 17.6. The van der Waals surface area contributed by atoms with Gasteiger partial charge in [-0.15, -0.1) is 0 Å². The van der Waals surface area contributed by atoms with E-state index in [1.165, 1.54) is 0 Å². The van der Waals surface area contributed by atoms with Crippen LogP contribution < -0.4 is 21.3 Å². The van der Waals surface area contributed by atoms with E-state index in [9.17, 15) is 9.59 Å². The van der Waals surface area contributed by atoms with E-state index in [0.717, 1.165) is 21.2 Å². The van der Waals surface area contributed by atoms with Crippen molar-refractivity contribution in [3.8, 4) is 0 Å². The minimum atomic E-state index is -0.291. The Morgan fingerprint density at radius 2 is 0.727 bits per heavy atom. The molecule has 4 N–H and O–H groups in total. The fourth-order valence-electron chi connectivity index (χ4n) is 2.98. The van der Waals surface area contributed by atoms with E-state index in [0.29, 0.717) is 11.4 Å². The Balaban J connectivity index is 1.27. The minimum absolute atomic E-state index is 0.291. The average Bonchev–Trinajstić information content (AvgIpc) is 2.83. The van der Waals surface area contributed by atoms with Crippen molar-refractivity contribution in [1.29, 1.82) is 0 Å². The summed E-state index contributed by atoms with van der Waals surface area (Å²) in [6.07, 6.45) is 0. The molecular formula is C26H22N4O2S. The molecule has 0 aromatic heterocycles. The lowest BCUT2D eigenvalue weighted by Crippen LogP contribution is -2.19. The first-order chi connectivity index (χ1) is 16.1. The van der Waals surface area contributed by atoms with Gasteiger partial charge in [0.2, 0.25) is 0 Å². The molecule has 164 valence electrons. The summed E-state index contributed by atoms with van der Waals surface area (Å²) in [6.45, 7) is 0. The lowest BCUT2D eigenvalue weighted by atomic mass is 10.3. The van der Waals surface area contributed by atoms with Gasteiger partial charge < -0.3 is 21.3 Å². The Hall–Kier alpha value is -4.23. The summed E-state index contributed by atoms with van der Waals surface area (Å²) in [5.41, 5.74) is 2.88. The van der Waals surface area contributed by atoms with Crippen molar-refractivity contribution in [2.24, 2.45) is 0 Å². The first-order valence-corrected chi connectivity index (χ1v) is 11.1. The lowest BCUT2D eigenvalue weighted by Gasteiger charge is -2.09. The number of carbonyl (C=O) groups excluding carboxylic acids is 2. The van der Waals surface area contributed by atoms with Gasteiger partial charge in [0.15, 0.2) is 0 Å². The summed E-state index contributed by atoms with van der Waals surface area (Å²) in [4.78, 5) is 26.3. The largest absolute Gasteiger partial charge is 0.323 e. The molecule has 0 saturated carbocycles. The quantitative estimate of drug-likeness (QED) is 0.250. The summed E-state index contributed by atoms with van der Waals surface area (Å²) in [7, 11) is 0. The molecule has 4 amide bonds. The average molecular weight is 455 g/mol. The topological polar surface area (TPSA) is 82.3 Å². The first-order valence-electron chi connectivity index (χ1n) is 10.3. The lowest BCUT2D eigenvalue weighted by molar-refractivity contribution is 0.261. The van der Waals surface area contributed by atoms with Gasteiger partial charge in [0.1, 0.15) is 0 Å². The highest BCUT2D eigenvalue weighted by Crippen LogP contribution is 2.29. The molecule has 0 spiro atoms. The number of para-hydroxylation sites is 2. The Kier molecular flexibility index (Phi) is 7.25. The summed E-state index contributed by atoms with van der Waals surface area (Å²) in [6, 6.07) is 33.2. The van der Waals surface area contributed by atoms with Crippen LogP contribution >= 0.6 is 11.8 Å². The summed E-state index contributed by atoms with van der Waals surface area (Å²) in [5, 5.41) is 11.2. The Bertz CT molecular complexity index is 1100. The molecule has 0 aliphatic carbocycles. The number of nitrogens with one attached hydrogen (secondary N) is 4. The first kappa shape index (κ1) is 22.0.